The van der Waals surface area contributed by atoms with Crippen LogP contribution >= 0.6 is 0 Å². The highest BCUT2D eigenvalue weighted by atomic mass is 19.1. The summed E-state index contributed by atoms with van der Waals surface area (Å²) in [5, 5.41) is 0. The standard InChI is InChI=1S/C12H14F2O2/c1-4-12(2,16-3)11(15)9-7-8(13)5-6-10(9)14/h5-7H,4H2,1-3H3. The molecule has 16 heavy (non-hydrogen) atoms. The largest absolute Gasteiger partial charge is 0.370 e. The molecule has 1 aromatic rings. The quantitative estimate of drug-likeness (QED) is 0.740. The second-order valence-electron chi connectivity index (χ2n) is 3.74. The summed E-state index contributed by atoms with van der Waals surface area (Å²) in [6.07, 6.45) is 0.387. The smallest absolute Gasteiger partial charge is 0.197 e. The van der Waals surface area contributed by atoms with E-state index in [2.05, 4.69) is 0 Å². The lowest BCUT2D eigenvalue weighted by atomic mass is 9.92. The summed E-state index contributed by atoms with van der Waals surface area (Å²) >= 11 is 0. The molecule has 1 aromatic carbocycles. The van der Waals surface area contributed by atoms with E-state index in [1.165, 1.54) is 7.11 Å². The van der Waals surface area contributed by atoms with Crippen molar-refractivity contribution in [2.45, 2.75) is 25.9 Å². The molecule has 0 aliphatic heterocycles. The van der Waals surface area contributed by atoms with Crippen molar-refractivity contribution in [3.8, 4) is 0 Å². The number of benzene rings is 1. The number of Topliss-reactive ketones (excluding diaryl/α,β-unsaturated/α-hetero) is 1. The Balaban J connectivity index is 3.18. The second-order valence-corrected chi connectivity index (χ2v) is 3.74. The van der Waals surface area contributed by atoms with Gasteiger partial charge in [0, 0.05) is 7.11 Å². The molecule has 0 heterocycles. The zero-order valence-electron chi connectivity index (χ0n) is 9.51. The van der Waals surface area contributed by atoms with E-state index in [9.17, 15) is 13.6 Å². The maximum Gasteiger partial charge on any atom is 0.197 e. The molecule has 0 spiro atoms. The number of ether oxygens (including phenoxy) is 1. The Morgan fingerprint density at radius 3 is 2.56 bits per heavy atom. The maximum absolute atomic E-state index is 13.4. The van der Waals surface area contributed by atoms with Crippen molar-refractivity contribution in [2.24, 2.45) is 0 Å². The summed E-state index contributed by atoms with van der Waals surface area (Å²) in [6, 6.07) is 2.81. The van der Waals surface area contributed by atoms with Crippen LogP contribution in [0.2, 0.25) is 0 Å². The summed E-state index contributed by atoms with van der Waals surface area (Å²) in [6.45, 7) is 3.30. The normalized spacial score (nSPS) is 14.6. The molecule has 0 radical (unpaired) electrons. The number of rotatable bonds is 4. The number of hydrogen-bond acceptors (Lipinski definition) is 2. The van der Waals surface area contributed by atoms with Crippen molar-refractivity contribution in [1.82, 2.24) is 0 Å². The van der Waals surface area contributed by atoms with E-state index in [0.29, 0.717) is 6.42 Å². The fourth-order valence-electron chi connectivity index (χ4n) is 1.35. The molecule has 4 heteroatoms. The van der Waals surface area contributed by atoms with Gasteiger partial charge < -0.3 is 4.74 Å². The molecule has 88 valence electrons. The van der Waals surface area contributed by atoms with Crippen LogP contribution in [0.4, 0.5) is 8.78 Å². The molecule has 0 amide bonds. The van der Waals surface area contributed by atoms with Gasteiger partial charge >= 0.3 is 0 Å². The van der Waals surface area contributed by atoms with Crippen LogP contribution in [-0.4, -0.2) is 18.5 Å². The minimum atomic E-state index is -1.12. The number of carbonyl (C=O) groups is 1. The minimum absolute atomic E-state index is 0.272. The highest BCUT2D eigenvalue weighted by molar-refractivity contribution is 6.02. The first kappa shape index (κ1) is 12.8. The third kappa shape index (κ3) is 2.27. The Labute approximate surface area is 93.2 Å². The van der Waals surface area contributed by atoms with E-state index in [0.717, 1.165) is 18.2 Å². The number of methoxy groups -OCH3 is 1. The summed E-state index contributed by atoms with van der Waals surface area (Å²) in [7, 11) is 1.37. The lowest BCUT2D eigenvalue weighted by Gasteiger charge is -2.25. The van der Waals surface area contributed by atoms with Gasteiger partial charge in [-0.25, -0.2) is 8.78 Å². The Bertz CT molecular complexity index is 398. The van der Waals surface area contributed by atoms with Crippen LogP contribution < -0.4 is 0 Å². The van der Waals surface area contributed by atoms with Gasteiger partial charge in [-0.2, -0.15) is 0 Å². The molecule has 1 rings (SSSR count). The van der Waals surface area contributed by atoms with Crippen molar-refractivity contribution >= 4 is 5.78 Å². The molecule has 0 fully saturated rings. The SMILES string of the molecule is CCC(C)(OC)C(=O)c1cc(F)ccc1F. The number of ketones is 1. The molecule has 0 N–H and O–H groups in total. The van der Waals surface area contributed by atoms with Crippen molar-refractivity contribution in [2.75, 3.05) is 7.11 Å². The van der Waals surface area contributed by atoms with Gasteiger partial charge in [-0.15, -0.1) is 0 Å². The van der Waals surface area contributed by atoms with Gasteiger partial charge in [-0.05, 0) is 31.5 Å². The summed E-state index contributed by atoms with van der Waals surface area (Å²) in [4.78, 5) is 12.0. The second kappa shape index (κ2) is 4.70. The molecule has 2 nitrogen and oxygen atoms in total. The van der Waals surface area contributed by atoms with Gasteiger partial charge in [0.2, 0.25) is 0 Å². The maximum atomic E-state index is 13.4. The fourth-order valence-corrected chi connectivity index (χ4v) is 1.35. The summed E-state index contributed by atoms with van der Waals surface area (Å²) in [5.41, 5.74) is -1.39. The Morgan fingerprint density at radius 1 is 1.44 bits per heavy atom. The first-order chi connectivity index (χ1) is 7.44. The van der Waals surface area contributed by atoms with E-state index in [1.807, 2.05) is 0 Å². The first-order valence-corrected chi connectivity index (χ1v) is 4.99. The molecule has 0 aromatic heterocycles. The van der Waals surface area contributed by atoms with Crippen molar-refractivity contribution in [3.05, 3.63) is 35.4 Å². The molecule has 0 saturated carbocycles. The molecule has 0 saturated heterocycles. The highest BCUT2D eigenvalue weighted by Crippen LogP contribution is 2.22. The Hall–Kier alpha value is -1.29. The zero-order valence-corrected chi connectivity index (χ0v) is 9.51. The molecule has 0 aliphatic carbocycles. The third-order valence-corrected chi connectivity index (χ3v) is 2.78. The van der Waals surface area contributed by atoms with Gasteiger partial charge in [0.15, 0.2) is 5.78 Å². The van der Waals surface area contributed by atoms with Gasteiger partial charge in [0.25, 0.3) is 0 Å². The third-order valence-electron chi connectivity index (χ3n) is 2.78. The van der Waals surface area contributed by atoms with Crippen LogP contribution in [0.25, 0.3) is 0 Å². The number of hydrogen-bond donors (Lipinski definition) is 0. The van der Waals surface area contributed by atoms with Crippen LogP contribution in [0.5, 0.6) is 0 Å². The topological polar surface area (TPSA) is 26.3 Å². The molecule has 0 aliphatic rings. The fraction of sp³-hybridized carbons (Fsp3) is 0.417. The average molecular weight is 228 g/mol. The van der Waals surface area contributed by atoms with E-state index in [4.69, 9.17) is 4.74 Å². The molecule has 1 atom stereocenters. The predicted octanol–water partition coefficient (Wildman–Crippen LogP) is 2.96. The Kier molecular flexibility index (Phi) is 3.75. The predicted molar refractivity (Wildman–Crippen MR) is 56.4 cm³/mol. The number of halogens is 2. The summed E-state index contributed by atoms with van der Waals surface area (Å²) in [5.74, 6) is -1.92. The van der Waals surface area contributed by atoms with Crippen LogP contribution in [0, 0.1) is 11.6 Å². The van der Waals surface area contributed by atoms with Crippen molar-refractivity contribution in [1.29, 1.82) is 0 Å². The number of carbonyl (C=O) groups excluding carboxylic acids is 1. The molecular formula is C12H14F2O2. The van der Waals surface area contributed by atoms with Crippen LogP contribution in [0.1, 0.15) is 30.6 Å². The lowest BCUT2D eigenvalue weighted by molar-refractivity contribution is 0.0102. The summed E-state index contributed by atoms with van der Waals surface area (Å²) < 4.78 is 31.4. The average Bonchev–Trinajstić information content (AvgIpc) is 2.30. The van der Waals surface area contributed by atoms with Crippen LogP contribution in [0.3, 0.4) is 0 Å². The van der Waals surface area contributed by atoms with Crippen LogP contribution in [-0.2, 0) is 4.74 Å². The van der Waals surface area contributed by atoms with E-state index >= 15 is 0 Å². The monoisotopic (exact) mass is 228 g/mol. The zero-order chi connectivity index (χ0) is 12.3. The molecule has 0 bridgehead atoms. The van der Waals surface area contributed by atoms with E-state index in [-0.39, 0.29) is 5.56 Å². The lowest BCUT2D eigenvalue weighted by Crippen LogP contribution is -2.37. The Morgan fingerprint density at radius 2 is 2.06 bits per heavy atom. The van der Waals surface area contributed by atoms with Gasteiger partial charge in [0.1, 0.15) is 17.2 Å². The van der Waals surface area contributed by atoms with Gasteiger partial charge in [-0.3, -0.25) is 4.79 Å². The van der Waals surface area contributed by atoms with E-state index < -0.39 is 23.0 Å². The van der Waals surface area contributed by atoms with E-state index in [1.54, 1.807) is 13.8 Å². The highest BCUT2D eigenvalue weighted by Gasteiger charge is 2.33. The van der Waals surface area contributed by atoms with Gasteiger partial charge in [0.05, 0.1) is 5.56 Å². The molecular weight excluding hydrogens is 214 g/mol. The van der Waals surface area contributed by atoms with Crippen molar-refractivity contribution in [3.63, 3.8) is 0 Å². The minimum Gasteiger partial charge on any atom is -0.370 e. The van der Waals surface area contributed by atoms with Gasteiger partial charge in [-0.1, -0.05) is 6.92 Å². The van der Waals surface area contributed by atoms with Crippen LogP contribution in [0.15, 0.2) is 18.2 Å². The van der Waals surface area contributed by atoms with Crippen molar-refractivity contribution < 1.29 is 18.3 Å². The molecule has 1 unspecified atom stereocenters. The first-order valence-electron chi connectivity index (χ1n) is 4.99.